The van der Waals surface area contributed by atoms with Crippen LogP contribution in [0, 0.1) is 11.3 Å². The van der Waals surface area contributed by atoms with Crippen LogP contribution in [0.4, 0.5) is 4.79 Å². The number of alkyl carbamates (subject to hydrolysis) is 1. The second-order valence-electron chi connectivity index (χ2n) is 14.6. The van der Waals surface area contributed by atoms with Gasteiger partial charge in [-0.15, -0.1) is 0 Å². The number of aliphatic carboxylic acids is 1. The molecule has 3 heterocycles. The van der Waals surface area contributed by atoms with Crippen LogP contribution in [0.5, 0.6) is 17.4 Å². The quantitative estimate of drug-likeness (QED) is 0.397. The molecule has 1 saturated heterocycles. The van der Waals surface area contributed by atoms with Crippen LogP contribution in [0.1, 0.15) is 96.5 Å². The Morgan fingerprint density at radius 1 is 1.04 bits per heavy atom. The van der Waals surface area contributed by atoms with Gasteiger partial charge >= 0.3 is 12.1 Å². The molecular weight excluding hydrogens is 602 g/mol. The summed E-state index contributed by atoms with van der Waals surface area (Å²) in [5.41, 5.74) is 1.35. The Labute approximate surface area is 276 Å². The molecule has 6 rings (SSSR count). The van der Waals surface area contributed by atoms with Crippen molar-refractivity contribution in [1.82, 2.24) is 15.2 Å². The summed E-state index contributed by atoms with van der Waals surface area (Å²) >= 11 is 0. The van der Waals surface area contributed by atoms with E-state index in [4.69, 9.17) is 23.9 Å². The first-order chi connectivity index (χ1) is 22.6. The van der Waals surface area contributed by atoms with E-state index >= 15 is 0 Å². The average molecular weight is 652 g/mol. The number of fused-ring (bicyclic) bond motifs is 3. The van der Waals surface area contributed by atoms with Gasteiger partial charge in [-0.1, -0.05) is 33.1 Å². The molecule has 1 aromatic heterocycles. The zero-order valence-corrected chi connectivity index (χ0v) is 27.9. The zero-order chi connectivity index (χ0) is 33.1. The van der Waals surface area contributed by atoms with Crippen LogP contribution in [-0.2, 0) is 20.7 Å². The summed E-state index contributed by atoms with van der Waals surface area (Å²) in [5.74, 6) is 0.128. The molecule has 4 bridgehead atoms. The first-order valence-corrected chi connectivity index (χ1v) is 17.4. The molecular formula is C36H49N3O8. The lowest BCUT2D eigenvalue weighted by molar-refractivity contribution is -0.149. The number of carbonyl (C=O) groups is 3. The first kappa shape index (κ1) is 33.2. The fourth-order valence-electron chi connectivity index (χ4n) is 7.79. The molecule has 11 heteroatoms. The van der Waals surface area contributed by atoms with Crippen molar-refractivity contribution >= 4 is 28.9 Å². The van der Waals surface area contributed by atoms with Crippen LogP contribution in [0.25, 0.3) is 10.9 Å². The molecule has 2 N–H and O–H groups in total. The standard InChI is InChI=1S/C36H49N3O8/c1-36(2)15-9-12-23-16-26-27(18-29(23)44-3)37-31(47-24-13-7-8-14-24)19-30(26)46-25-17-28(34(41)42)39(20-25)33(40)32(38-35(43)45-21-36)22-10-5-4-6-11-22/h16,18-19,22,24-25,28,32H,4-15,17,20-21H2,1-3H3,(H,38,43)(H,41,42)/t25-,28+,32+/m1/s1. The van der Waals surface area contributed by atoms with E-state index < -0.39 is 36.2 Å². The zero-order valence-electron chi connectivity index (χ0n) is 27.9. The van der Waals surface area contributed by atoms with E-state index in [1.165, 1.54) is 4.90 Å². The Bertz CT molecular complexity index is 1470. The van der Waals surface area contributed by atoms with Gasteiger partial charge in [0.25, 0.3) is 0 Å². The molecule has 2 aliphatic heterocycles. The molecule has 256 valence electrons. The second kappa shape index (κ2) is 14.2. The number of methoxy groups -OCH3 is 1. The van der Waals surface area contributed by atoms with Gasteiger partial charge in [0.1, 0.15) is 35.8 Å². The van der Waals surface area contributed by atoms with Crippen LogP contribution in [0.2, 0.25) is 0 Å². The summed E-state index contributed by atoms with van der Waals surface area (Å²) in [5, 5.41) is 13.9. The van der Waals surface area contributed by atoms with Crippen LogP contribution in [0.3, 0.4) is 0 Å². The average Bonchev–Trinajstić information content (AvgIpc) is 3.72. The highest BCUT2D eigenvalue weighted by Gasteiger charge is 2.45. The molecule has 47 heavy (non-hydrogen) atoms. The Hall–Kier alpha value is -3.76. The third-order valence-corrected chi connectivity index (χ3v) is 10.4. The summed E-state index contributed by atoms with van der Waals surface area (Å²) in [4.78, 5) is 46.2. The van der Waals surface area contributed by atoms with E-state index in [0.717, 1.165) is 88.0 Å². The summed E-state index contributed by atoms with van der Waals surface area (Å²) < 4.78 is 24.4. The van der Waals surface area contributed by atoms with Crippen molar-refractivity contribution < 1.29 is 38.4 Å². The molecule has 4 aliphatic rings. The largest absolute Gasteiger partial charge is 0.496 e. The molecule has 2 aliphatic carbocycles. The number of ether oxygens (including phenoxy) is 4. The number of carbonyl (C=O) groups excluding carboxylic acids is 2. The van der Waals surface area contributed by atoms with Gasteiger partial charge in [-0.3, -0.25) is 4.79 Å². The molecule has 3 atom stereocenters. The van der Waals surface area contributed by atoms with Crippen molar-refractivity contribution in [3.63, 3.8) is 0 Å². The molecule has 2 saturated carbocycles. The number of nitrogens with zero attached hydrogens (tertiary/aromatic N) is 2. The number of cyclic esters (lactones) is 1. The van der Waals surface area contributed by atoms with Crippen molar-refractivity contribution in [2.75, 3.05) is 20.3 Å². The number of rotatable bonds is 5. The Morgan fingerprint density at radius 3 is 2.51 bits per heavy atom. The normalized spacial score (nSPS) is 26.3. The minimum atomic E-state index is -1.10. The van der Waals surface area contributed by atoms with Gasteiger partial charge < -0.3 is 34.3 Å². The molecule has 0 unspecified atom stereocenters. The lowest BCUT2D eigenvalue weighted by Gasteiger charge is -2.34. The number of carboxylic acid groups (broad SMARTS) is 1. The monoisotopic (exact) mass is 651 g/mol. The number of nitrogens with one attached hydrogen (secondary N) is 1. The van der Waals surface area contributed by atoms with E-state index in [1.807, 2.05) is 12.1 Å². The van der Waals surface area contributed by atoms with Gasteiger partial charge in [0, 0.05) is 23.9 Å². The number of benzene rings is 1. The third kappa shape index (κ3) is 7.70. The smallest absolute Gasteiger partial charge is 0.407 e. The highest BCUT2D eigenvalue weighted by atomic mass is 16.5. The van der Waals surface area contributed by atoms with Crippen LogP contribution in [-0.4, -0.2) is 77.5 Å². The predicted molar refractivity (Wildman–Crippen MR) is 175 cm³/mol. The van der Waals surface area contributed by atoms with Gasteiger partial charge in [0.05, 0.1) is 25.8 Å². The van der Waals surface area contributed by atoms with Crippen molar-refractivity contribution in [3.05, 3.63) is 23.8 Å². The van der Waals surface area contributed by atoms with E-state index in [2.05, 4.69) is 19.2 Å². The number of aryl methyl sites for hydroxylation is 1. The highest BCUT2D eigenvalue weighted by Crippen LogP contribution is 2.38. The Kier molecular flexibility index (Phi) is 9.98. The highest BCUT2D eigenvalue weighted by molar-refractivity contribution is 5.91. The lowest BCUT2D eigenvalue weighted by Crippen LogP contribution is -2.55. The minimum absolute atomic E-state index is 0.0778. The fraction of sp³-hybridized carbons (Fsp3) is 0.667. The molecule has 11 nitrogen and oxygen atoms in total. The van der Waals surface area contributed by atoms with Crippen molar-refractivity contribution in [1.29, 1.82) is 0 Å². The number of hydrogen-bond acceptors (Lipinski definition) is 8. The summed E-state index contributed by atoms with van der Waals surface area (Å²) in [6, 6.07) is 3.81. The minimum Gasteiger partial charge on any atom is -0.496 e. The SMILES string of the molecule is COc1cc2nc(OC3CCCC3)cc3c2cc1CCCC(C)(C)COC(=O)N[C@@H](C1CCCCC1)C(=O)N1C[C@@H](C[C@H]1C(=O)O)O3. The predicted octanol–water partition coefficient (Wildman–Crippen LogP) is 6.04. The number of amides is 2. The topological polar surface area (TPSA) is 137 Å². The molecule has 2 aromatic rings. The van der Waals surface area contributed by atoms with Gasteiger partial charge in [-0.05, 0) is 80.8 Å². The van der Waals surface area contributed by atoms with E-state index in [9.17, 15) is 19.5 Å². The van der Waals surface area contributed by atoms with Crippen molar-refractivity contribution in [2.45, 2.75) is 122 Å². The van der Waals surface area contributed by atoms with Gasteiger partial charge in [0.15, 0.2) is 0 Å². The maximum atomic E-state index is 14.2. The first-order valence-electron chi connectivity index (χ1n) is 17.4. The fourth-order valence-corrected chi connectivity index (χ4v) is 7.79. The third-order valence-electron chi connectivity index (χ3n) is 10.4. The maximum Gasteiger partial charge on any atom is 0.407 e. The molecule has 1 aromatic carbocycles. The van der Waals surface area contributed by atoms with Crippen LogP contribution < -0.4 is 19.5 Å². The summed E-state index contributed by atoms with van der Waals surface area (Å²) in [6.45, 7) is 4.38. The van der Waals surface area contributed by atoms with E-state index in [0.29, 0.717) is 22.9 Å². The Balaban J connectivity index is 1.39. The van der Waals surface area contributed by atoms with Gasteiger partial charge in [-0.2, -0.15) is 0 Å². The lowest BCUT2D eigenvalue weighted by atomic mass is 9.83. The van der Waals surface area contributed by atoms with Crippen LogP contribution >= 0.6 is 0 Å². The second-order valence-corrected chi connectivity index (χ2v) is 14.6. The van der Waals surface area contributed by atoms with Gasteiger partial charge in [0.2, 0.25) is 11.8 Å². The Morgan fingerprint density at radius 2 is 1.79 bits per heavy atom. The molecule has 2 amide bonds. The van der Waals surface area contributed by atoms with E-state index in [1.54, 1.807) is 13.2 Å². The maximum absolute atomic E-state index is 14.2. The molecule has 3 fully saturated rings. The van der Waals surface area contributed by atoms with Crippen molar-refractivity contribution in [3.8, 4) is 17.4 Å². The summed E-state index contributed by atoms with van der Waals surface area (Å²) in [6.07, 6.45) is 10.0. The number of carboxylic acids is 1. The van der Waals surface area contributed by atoms with E-state index in [-0.39, 0.29) is 37.0 Å². The van der Waals surface area contributed by atoms with Crippen LogP contribution in [0.15, 0.2) is 18.2 Å². The number of hydrogen-bond donors (Lipinski definition) is 2. The molecule has 0 radical (unpaired) electrons. The number of pyridine rings is 1. The van der Waals surface area contributed by atoms with Gasteiger partial charge in [-0.25, -0.2) is 14.6 Å². The molecule has 0 spiro atoms. The summed E-state index contributed by atoms with van der Waals surface area (Å²) in [7, 11) is 1.65. The van der Waals surface area contributed by atoms with Crippen molar-refractivity contribution in [2.24, 2.45) is 11.3 Å². The number of aromatic nitrogens is 1.